The fourth-order valence-electron chi connectivity index (χ4n) is 2.78. The number of amides is 1. The molecule has 1 aromatic carbocycles. The maximum Gasteiger partial charge on any atom is 0.416 e. The Hall–Kier alpha value is -2.63. The molecule has 130 valence electrons. The third-order valence-corrected chi connectivity index (χ3v) is 4.13. The second kappa shape index (κ2) is 7.09. The summed E-state index contributed by atoms with van der Waals surface area (Å²) in [6, 6.07) is 8.29. The molecule has 2 heterocycles. The highest BCUT2D eigenvalue weighted by atomic mass is 19.4. The molecule has 1 aromatic heterocycles. The quantitative estimate of drug-likeness (QED) is 0.819. The van der Waals surface area contributed by atoms with E-state index in [1.165, 1.54) is 12.1 Å². The van der Waals surface area contributed by atoms with Gasteiger partial charge in [-0.05, 0) is 48.7 Å². The number of pyridine rings is 1. The van der Waals surface area contributed by atoms with Gasteiger partial charge < -0.3 is 4.90 Å². The summed E-state index contributed by atoms with van der Waals surface area (Å²) in [7, 11) is 0. The number of hydrogen-bond donors (Lipinski definition) is 0. The van der Waals surface area contributed by atoms with Crippen molar-refractivity contribution in [3.8, 4) is 0 Å². The zero-order chi connectivity index (χ0) is 17.9. The number of rotatable bonds is 3. The number of benzene rings is 1. The van der Waals surface area contributed by atoms with Crippen molar-refractivity contribution in [2.24, 2.45) is 0 Å². The Morgan fingerprint density at radius 3 is 2.36 bits per heavy atom. The van der Waals surface area contributed by atoms with Gasteiger partial charge in [-0.3, -0.25) is 9.78 Å². The maximum absolute atomic E-state index is 12.6. The number of carbonyl (C=O) groups excluding carboxylic acids is 1. The van der Waals surface area contributed by atoms with E-state index < -0.39 is 11.7 Å². The van der Waals surface area contributed by atoms with Gasteiger partial charge in [0, 0.05) is 19.3 Å². The number of likely N-dealkylation sites (tertiary alicyclic amines) is 1. The van der Waals surface area contributed by atoms with Crippen LogP contribution < -0.4 is 0 Å². The molecule has 0 bridgehead atoms. The smallest absolute Gasteiger partial charge is 0.339 e. The summed E-state index contributed by atoms with van der Waals surface area (Å²) < 4.78 is 37.8. The van der Waals surface area contributed by atoms with Gasteiger partial charge in [0.25, 0.3) is 5.91 Å². The minimum Gasteiger partial charge on any atom is -0.339 e. The van der Waals surface area contributed by atoms with Crippen molar-refractivity contribution in [1.29, 1.82) is 0 Å². The summed E-state index contributed by atoms with van der Waals surface area (Å²) in [5.74, 6) is -0.0577. The van der Waals surface area contributed by atoms with E-state index in [-0.39, 0.29) is 5.91 Å². The second-order valence-corrected chi connectivity index (χ2v) is 5.89. The molecule has 2 aromatic rings. The predicted octanol–water partition coefficient (Wildman–Crippen LogP) is 4.51. The van der Waals surface area contributed by atoms with Crippen molar-refractivity contribution in [3.05, 3.63) is 65.0 Å². The van der Waals surface area contributed by atoms with Crippen LogP contribution in [0.3, 0.4) is 0 Å². The molecule has 0 saturated carbocycles. The van der Waals surface area contributed by atoms with Crippen LogP contribution in [0.15, 0.2) is 42.6 Å². The maximum atomic E-state index is 12.6. The van der Waals surface area contributed by atoms with Crippen LogP contribution in [0.1, 0.15) is 40.0 Å². The number of carbonyl (C=O) groups is 1. The van der Waals surface area contributed by atoms with Gasteiger partial charge in [0.05, 0.1) is 16.8 Å². The van der Waals surface area contributed by atoms with E-state index in [4.69, 9.17) is 0 Å². The Labute approximate surface area is 143 Å². The summed E-state index contributed by atoms with van der Waals surface area (Å²) in [6.45, 7) is 1.49. The lowest BCUT2D eigenvalue weighted by Crippen LogP contribution is -2.28. The molecule has 1 amide bonds. The molecule has 0 unspecified atom stereocenters. The highest BCUT2D eigenvalue weighted by Gasteiger charge is 2.29. The fourth-order valence-corrected chi connectivity index (χ4v) is 2.78. The first-order chi connectivity index (χ1) is 11.9. The average Bonchev–Trinajstić information content (AvgIpc) is 3.14. The molecule has 3 nitrogen and oxygen atoms in total. The SMILES string of the molecule is O=C(c1cccnc1C=Cc1ccc(C(F)(F)F)cc1)N1CCCC1. The van der Waals surface area contributed by atoms with Crippen molar-refractivity contribution in [2.45, 2.75) is 19.0 Å². The first-order valence-electron chi connectivity index (χ1n) is 8.05. The summed E-state index contributed by atoms with van der Waals surface area (Å²) in [4.78, 5) is 18.6. The van der Waals surface area contributed by atoms with Crippen LogP contribution in [-0.2, 0) is 6.18 Å². The van der Waals surface area contributed by atoms with E-state index >= 15 is 0 Å². The van der Waals surface area contributed by atoms with Crippen LogP contribution in [0.5, 0.6) is 0 Å². The summed E-state index contributed by atoms with van der Waals surface area (Å²) >= 11 is 0. The predicted molar refractivity (Wildman–Crippen MR) is 89.7 cm³/mol. The Kier molecular flexibility index (Phi) is 4.88. The zero-order valence-electron chi connectivity index (χ0n) is 13.5. The van der Waals surface area contributed by atoms with E-state index in [0.29, 0.717) is 16.8 Å². The first kappa shape index (κ1) is 17.2. The normalized spacial score (nSPS) is 15.1. The lowest BCUT2D eigenvalue weighted by atomic mass is 10.1. The molecule has 0 N–H and O–H groups in total. The number of nitrogens with zero attached hydrogens (tertiary/aromatic N) is 2. The summed E-state index contributed by atoms with van der Waals surface area (Å²) in [6.07, 6.45) is 2.56. The lowest BCUT2D eigenvalue weighted by Gasteiger charge is -2.16. The highest BCUT2D eigenvalue weighted by molar-refractivity contribution is 5.98. The van der Waals surface area contributed by atoms with Crippen molar-refractivity contribution in [2.75, 3.05) is 13.1 Å². The lowest BCUT2D eigenvalue weighted by molar-refractivity contribution is -0.137. The minimum absolute atomic E-state index is 0.0577. The first-order valence-corrected chi connectivity index (χ1v) is 8.05. The molecule has 1 aliphatic rings. The van der Waals surface area contributed by atoms with Crippen LogP contribution in [0, 0.1) is 0 Å². The standard InChI is InChI=1S/C19H17F3N2O/c20-19(21,22)15-8-5-14(6-9-15)7-10-17-16(4-3-11-23-17)18(25)24-12-1-2-13-24/h3-11H,1-2,12-13H2. The van der Waals surface area contributed by atoms with Gasteiger partial charge in [0.1, 0.15) is 0 Å². The van der Waals surface area contributed by atoms with Gasteiger partial charge in [0.2, 0.25) is 0 Å². The van der Waals surface area contributed by atoms with Crippen molar-refractivity contribution in [3.63, 3.8) is 0 Å². The van der Waals surface area contributed by atoms with E-state index in [0.717, 1.165) is 38.1 Å². The topological polar surface area (TPSA) is 33.2 Å². The monoisotopic (exact) mass is 346 g/mol. The Bertz CT molecular complexity index is 776. The van der Waals surface area contributed by atoms with Crippen LogP contribution in [0.4, 0.5) is 13.2 Å². The van der Waals surface area contributed by atoms with Crippen molar-refractivity contribution in [1.82, 2.24) is 9.88 Å². The van der Waals surface area contributed by atoms with E-state index in [1.807, 2.05) is 0 Å². The summed E-state index contributed by atoms with van der Waals surface area (Å²) in [5.41, 5.74) is 0.942. The number of halogens is 3. The molecule has 1 saturated heterocycles. The third-order valence-electron chi connectivity index (χ3n) is 4.13. The average molecular weight is 346 g/mol. The molecular weight excluding hydrogens is 329 g/mol. The number of aromatic nitrogens is 1. The van der Waals surface area contributed by atoms with E-state index in [9.17, 15) is 18.0 Å². The van der Waals surface area contributed by atoms with Gasteiger partial charge in [0.15, 0.2) is 0 Å². The molecule has 0 spiro atoms. The van der Waals surface area contributed by atoms with Crippen LogP contribution in [0.2, 0.25) is 0 Å². The molecule has 6 heteroatoms. The molecule has 3 rings (SSSR count). The van der Waals surface area contributed by atoms with E-state index in [2.05, 4.69) is 4.98 Å². The molecule has 0 aliphatic carbocycles. The van der Waals surface area contributed by atoms with Gasteiger partial charge in [-0.2, -0.15) is 13.2 Å². The molecule has 1 fully saturated rings. The third kappa shape index (κ3) is 4.07. The van der Waals surface area contributed by atoms with Crippen LogP contribution in [-0.4, -0.2) is 28.9 Å². The van der Waals surface area contributed by atoms with Gasteiger partial charge in [-0.1, -0.05) is 18.2 Å². The fraction of sp³-hybridized carbons (Fsp3) is 0.263. The molecular formula is C19H17F3N2O. The molecule has 25 heavy (non-hydrogen) atoms. The number of alkyl halides is 3. The number of hydrogen-bond acceptors (Lipinski definition) is 2. The molecule has 1 aliphatic heterocycles. The Balaban J connectivity index is 1.81. The van der Waals surface area contributed by atoms with Crippen molar-refractivity contribution >= 4 is 18.1 Å². The van der Waals surface area contributed by atoms with Gasteiger partial charge in [-0.25, -0.2) is 0 Å². The summed E-state index contributed by atoms with van der Waals surface area (Å²) in [5, 5.41) is 0. The van der Waals surface area contributed by atoms with Crippen LogP contribution >= 0.6 is 0 Å². The molecule has 0 radical (unpaired) electrons. The van der Waals surface area contributed by atoms with Gasteiger partial charge >= 0.3 is 6.18 Å². The zero-order valence-corrected chi connectivity index (χ0v) is 13.5. The molecule has 0 atom stereocenters. The van der Waals surface area contributed by atoms with E-state index in [1.54, 1.807) is 35.4 Å². The Morgan fingerprint density at radius 1 is 1.04 bits per heavy atom. The van der Waals surface area contributed by atoms with Gasteiger partial charge in [-0.15, -0.1) is 0 Å². The van der Waals surface area contributed by atoms with Crippen molar-refractivity contribution < 1.29 is 18.0 Å². The largest absolute Gasteiger partial charge is 0.416 e. The highest BCUT2D eigenvalue weighted by Crippen LogP contribution is 2.29. The Morgan fingerprint density at radius 2 is 1.72 bits per heavy atom. The second-order valence-electron chi connectivity index (χ2n) is 5.89. The minimum atomic E-state index is -4.35. The van der Waals surface area contributed by atoms with Crippen LogP contribution in [0.25, 0.3) is 12.2 Å².